The van der Waals surface area contributed by atoms with E-state index >= 15 is 0 Å². The van der Waals surface area contributed by atoms with E-state index in [1.165, 1.54) is 16.9 Å². The van der Waals surface area contributed by atoms with E-state index in [9.17, 15) is 9.59 Å². The third-order valence-electron chi connectivity index (χ3n) is 4.42. The van der Waals surface area contributed by atoms with Crippen LogP contribution in [0.25, 0.3) is 10.2 Å². The van der Waals surface area contributed by atoms with Crippen LogP contribution in [0.2, 0.25) is 0 Å². The average Bonchev–Trinajstić information content (AvgIpc) is 2.89. The first kappa shape index (κ1) is 19.0. The summed E-state index contributed by atoms with van der Waals surface area (Å²) in [4.78, 5) is 33.1. The molecule has 3 rings (SSSR count). The number of hydrazone groups is 1. The number of thiophene rings is 1. The summed E-state index contributed by atoms with van der Waals surface area (Å²) in [5, 5.41) is 4.57. The van der Waals surface area contributed by atoms with E-state index in [1.807, 2.05) is 38.1 Å². The number of nitrogens with zero attached hydrogens (tertiary/aromatic N) is 2. The molecule has 27 heavy (non-hydrogen) atoms. The van der Waals surface area contributed by atoms with Crippen LogP contribution in [0, 0.1) is 13.8 Å². The van der Waals surface area contributed by atoms with Crippen LogP contribution in [0.15, 0.2) is 34.2 Å². The summed E-state index contributed by atoms with van der Waals surface area (Å²) in [5.41, 5.74) is 5.35. The molecule has 0 radical (unpaired) electrons. The van der Waals surface area contributed by atoms with Crippen LogP contribution in [0.5, 0.6) is 0 Å². The van der Waals surface area contributed by atoms with E-state index < -0.39 is 0 Å². The van der Waals surface area contributed by atoms with E-state index in [1.54, 1.807) is 6.21 Å². The number of H-pyrrole nitrogens is 1. The fraction of sp³-hybridized carbons (Fsp3) is 0.300. The molecule has 1 aromatic carbocycles. The summed E-state index contributed by atoms with van der Waals surface area (Å²) in [7, 11) is 0. The summed E-state index contributed by atoms with van der Waals surface area (Å²) in [6, 6.07) is 8.00. The highest BCUT2D eigenvalue weighted by atomic mass is 32.1. The summed E-state index contributed by atoms with van der Waals surface area (Å²) in [6.45, 7) is 8.13. The normalized spacial score (nSPS) is 11.6. The Morgan fingerprint density at radius 2 is 2.00 bits per heavy atom. The molecule has 6 nitrogen and oxygen atoms in total. The SMILES string of the molecule is Cc1sc2nc(CC(=O)N/N=C/c3ccc(C(C)C)cc3)[nH]c(=O)c2c1C. The van der Waals surface area contributed by atoms with E-state index in [0.29, 0.717) is 22.0 Å². The Balaban J connectivity index is 1.65. The van der Waals surface area contributed by atoms with Crippen LogP contribution in [-0.2, 0) is 11.2 Å². The molecule has 2 N–H and O–H groups in total. The van der Waals surface area contributed by atoms with Gasteiger partial charge >= 0.3 is 0 Å². The maximum absolute atomic E-state index is 12.2. The zero-order chi connectivity index (χ0) is 19.6. The minimum Gasteiger partial charge on any atom is -0.309 e. The highest BCUT2D eigenvalue weighted by Gasteiger charge is 2.13. The first-order chi connectivity index (χ1) is 12.8. The predicted octanol–water partition coefficient (Wildman–Crippen LogP) is 3.42. The quantitative estimate of drug-likeness (QED) is 0.524. The van der Waals surface area contributed by atoms with Gasteiger partial charge in [-0.05, 0) is 36.5 Å². The molecule has 3 aromatic rings. The molecule has 0 spiro atoms. The van der Waals surface area contributed by atoms with Crippen molar-refractivity contribution in [3.63, 3.8) is 0 Å². The van der Waals surface area contributed by atoms with Crippen molar-refractivity contribution < 1.29 is 4.79 Å². The van der Waals surface area contributed by atoms with Gasteiger partial charge in [0.2, 0.25) is 5.91 Å². The van der Waals surface area contributed by atoms with Crippen molar-refractivity contribution in [2.45, 2.75) is 40.0 Å². The molecule has 0 atom stereocenters. The van der Waals surface area contributed by atoms with Gasteiger partial charge in [0.05, 0.1) is 18.0 Å². The van der Waals surface area contributed by atoms with E-state index in [2.05, 4.69) is 34.3 Å². The van der Waals surface area contributed by atoms with Crippen molar-refractivity contribution in [3.8, 4) is 0 Å². The predicted molar refractivity (Wildman–Crippen MR) is 110 cm³/mol. The van der Waals surface area contributed by atoms with E-state index in [0.717, 1.165) is 16.0 Å². The van der Waals surface area contributed by atoms with Gasteiger partial charge in [0.1, 0.15) is 10.7 Å². The Bertz CT molecular complexity index is 1060. The number of aromatic amines is 1. The highest BCUT2D eigenvalue weighted by Crippen LogP contribution is 2.25. The van der Waals surface area contributed by atoms with Gasteiger partial charge in [0.15, 0.2) is 0 Å². The molecule has 140 valence electrons. The molecular weight excluding hydrogens is 360 g/mol. The van der Waals surface area contributed by atoms with Gasteiger partial charge in [-0.15, -0.1) is 11.3 Å². The zero-order valence-electron chi connectivity index (χ0n) is 15.8. The Hall–Kier alpha value is -2.80. The first-order valence-electron chi connectivity index (χ1n) is 8.76. The Morgan fingerprint density at radius 1 is 1.30 bits per heavy atom. The van der Waals surface area contributed by atoms with Crippen molar-refractivity contribution >= 4 is 33.7 Å². The molecule has 7 heteroatoms. The second kappa shape index (κ2) is 7.84. The number of fused-ring (bicyclic) bond motifs is 1. The molecule has 0 aliphatic carbocycles. The summed E-state index contributed by atoms with van der Waals surface area (Å²) in [5.74, 6) is 0.471. The third-order valence-corrected chi connectivity index (χ3v) is 5.52. The molecule has 0 saturated heterocycles. The lowest BCUT2D eigenvalue weighted by molar-refractivity contribution is -0.120. The van der Waals surface area contributed by atoms with Crippen LogP contribution in [0.3, 0.4) is 0 Å². The van der Waals surface area contributed by atoms with E-state index in [-0.39, 0.29) is 17.9 Å². The van der Waals surface area contributed by atoms with Gasteiger partial charge in [-0.1, -0.05) is 38.1 Å². The molecule has 0 unspecified atom stereocenters. The lowest BCUT2D eigenvalue weighted by Crippen LogP contribution is -2.23. The van der Waals surface area contributed by atoms with Gasteiger partial charge in [-0.3, -0.25) is 9.59 Å². The summed E-state index contributed by atoms with van der Waals surface area (Å²) >= 11 is 1.46. The number of aryl methyl sites for hydroxylation is 2. The minimum absolute atomic E-state index is 0.0369. The van der Waals surface area contributed by atoms with Gasteiger partial charge < -0.3 is 4.98 Å². The molecule has 2 aromatic heterocycles. The van der Waals surface area contributed by atoms with Crippen molar-refractivity contribution in [2.75, 3.05) is 0 Å². The van der Waals surface area contributed by atoms with Crippen molar-refractivity contribution in [1.29, 1.82) is 0 Å². The van der Waals surface area contributed by atoms with Crippen molar-refractivity contribution in [1.82, 2.24) is 15.4 Å². The smallest absolute Gasteiger partial charge is 0.259 e. The topological polar surface area (TPSA) is 87.2 Å². The Kier molecular flexibility index (Phi) is 5.51. The molecule has 0 bridgehead atoms. The summed E-state index contributed by atoms with van der Waals surface area (Å²) in [6.07, 6.45) is 1.55. The van der Waals surface area contributed by atoms with E-state index in [4.69, 9.17) is 0 Å². The number of benzene rings is 1. The van der Waals surface area contributed by atoms with Gasteiger partial charge in [-0.2, -0.15) is 5.10 Å². The number of carbonyl (C=O) groups excluding carboxylic acids is 1. The molecular formula is C20H22N4O2S. The van der Waals surface area contributed by atoms with Crippen molar-refractivity contribution in [2.24, 2.45) is 5.10 Å². The maximum Gasteiger partial charge on any atom is 0.259 e. The molecule has 0 fully saturated rings. The van der Waals surface area contributed by atoms with Crippen LogP contribution < -0.4 is 11.0 Å². The Morgan fingerprint density at radius 3 is 2.67 bits per heavy atom. The molecule has 2 heterocycles. The second-order valence-electron chi connectivity index (χ2n) is 6.77. The van der Waals surface area contributed by atoms with Gasteiger partial charge in [-0.25, -0.2) is 10.4 Å². The third kappa shape index (κ3) is 4.31. The number of rotatable bonds is 5. The number of nitrogens with one attached hydrogen (secondary N) is 2. The fourth-order valence-electron chi connectivity index (χ4n) is 2.72. The highest BCUT2D eigenvalue weighted by molar-refractivity contribution is 7.18. The largest absolute Gasteiger partial charge is 0.309 e. The minimum atomic E-state index is -0.336. The number of hydrogen-bond acceptors (Lipinski definition) is 5. The fourth-order valence-corrected chi connectivity index (χ4v) is 3.77. The standard InChI is InChI=1S/C20H22N4O2S/c1-11(2)15-7-5-14(6-8-15)10-21-24-17(25)9-16-22-19(26)18-12(3)13(4)27-20(18)23-16/h5-8,10-11H,9H2,1-4H3,(H,24,25)(H,22,23,26)/b21-10+. The number of aromatic nitrogens is 2. The average molecular weight is 382 g/mol. The zero-order valence-corrected chi connectivity index (χ0v) is 16.6. The number of hydrogen-bond donors (Lipinski definition) is 2. The lowest BCUT2D eigenvalue weighted by Gasteiger charge is -2.04. The second-order valence-corrected chi connectivity index (χ2v) is 7.97. The van der Waals surface area contributed by atoms with Crippen LogP contribution in [0.1, 0.15) is 47.2 Å². The monoisotopic (exact) mass is 382 g/mol. The summed E-state index contributed by atoms with van der Waals surface area (Å²) < 4.78 is 0. The van der Waals surface area contributed by atoms with Crippen LogP contribution in [-0.4, -0.2) is 22.1 Å². The maximum atomic E-state index is 12.2. The first-order valence-corrected chi connectivity index (χ1v) is 9.57. The number of amides is 1. The van der Waals surface area contributed by atoms with Crippen LogP contribution in [0.4, 0.5) is 0 Å². The van der Waals surface area contributed by atoms with Gasteiger partial charge in [0, 0.05) is 4.88 Å². The Labute approximate surface area is 161 Å². The molecule has 0 aliphatic heterocycles. The van der Waals surface area contributed by atoms with Crippen LogP contribution >= 0.6 is 11.3 Å². The molecule has 1 amide bonds. The molecule has 0 saturated carbocycles. The molecule has 0 aliphatic rings. The van der Waals surface area contributed by atoms with Gasteiger partial charge in [0.25, 0.3) is 5.56 Å². The lowest BCUT2D eigenvalue weighted by atomic mass is 10.0. The number of carbonyl (C=O) groups is 1. The van der Waals surface area contributed by atoms with Crippen molar-refractivity contribution in [3.05, 3.63) is 62.0 Å².